The number of ether oxygens (including phenoxy) is 1. The lowest BCUT2D eigenvalue weighted by Crippen LogP contribution is -2.54. The van der Waals surface area contributed by atoms with Gasteiger partial charge in [0.15, 0.2) is 0 Å². The molecular formula is C23H34O5. The van der Waals surface area contributed by atoms with Gasteiger partial charge in [-0.1, -0.05) is 13.8 Å². The largest absolute Gasteiger partial charge is 0.481 e. The lowest BCUT2D eigenvalue weighted by Gasteiger charge is -2.60. The Morgan fingerprint density at radius 3 is 2.50 bits per heavy atom. The highest BCUT2D eigenvalue weighted by Gasteiger charge is 2.61. The summed E-state index contributed by atoms with van der Waals surface area (Å²) in [4.78, 5) is 34.9. The van der Waals surface area contributed by atoms with Crippen LogP contribution < -0.4 is 0 Å². The molecule has 0 aromatic heterocycles. The van der Waals surface area contributed by atoms with E-state index in [0.29, 0.717) is 34.9 Å². The van der Waals surface area contributed by atoms with Gasteiger partial charge in [-0.25, -0.2) is 0 Å². The third kappa shape index (κ3) is 3.19. The van der Waals surface area contributed by atoms with Crippen LogP contribution in [0.1, 0.15) is 84.5 Å². The van der Waals surface area contributed by atoms with E-state index in [0.717, 1.165) is 38.5 Å². The molecule has 0 aromatic carbocycles. The van der Waals surface area contributed by atoms with Gasteiger partial charge in [-0.2, -0.15) is 0 Å². The van der Waals surface area contributed by atoms with E-state index >= 15 is 0 Å². The number of hydrogen-bond donors (Lipinski definition) is 1. The molecule has 156 valence electrons. The van der Waals surface area contributed by atoms with Crippen LogP contribution in [-0.2, 0) is 19.1 Å². The fourth-order valence-corrected chi connectivity index (χ4v) is 7.62. The predicted octanol–water partition coefficient (Wildman–Crippen LogP) is 4.37. The van der Waals surface area contributed by atoms with E-state index < -0.39 is 5.97 Å². The van der Waals surface area contributed by atoms with Gasteiger partial charge in [0.2, 0.25) is 0 Å². The third-order valence-electron chi connectivity index (χ3n) is 9.21. The molecule has 0 saturated heterocycles. The Morgan fingerprint density at radius 2 is 1.75 bits per heavy atom. The van der Waals surface area contributed by atoms with E-state index in [-0.39, 0.29) is 30.3 Å². The van der Waals surface area contributed by atoms with Crippen molar-refractivity contribution in [2.45, 2.75) is 90.6 Å². The molecule has 4 rings (SSSR count). The topological polar surface area (TPSA) is 80.7 Å². The minimum absolute atomic E-state index is 0.0216. The van der Waals surface area contributed by atoms with Gasteiger partial charge in [0.25, 0.3) is 0 Å². The lowest BCUT2D eigenvalue weighted by molar-refractivity contribution is -0.165. The van der Waals surface area contributed by atoms with E-state index in [2.05, 4.69) is 13.8 Å². The van der Waals surface area contributed by atoms with Crippen LogP contribution in [0, 0.1) is 34.5 Å². The van der Waals surface area contributed by atoms with Crippen LogP contribution in [0.4, 0.5) is 0 Å². The maximum Gasteiger partial charge on any atom is 0.306 e. The Labute approximate surface area is 167 Å². The maximum absolute atomic E-state index is 12.2. The lowest BCUT2D eigenvalue weighted by atomic mass is 9.45. The zero-order chi connectivity index (χ0) is 20.1. The molecule has 0 heterocycles. The molecule has 0 amide bonds. The normalized spacial score (nSPS) is 44.9. The summed E-state index contributed by atoms with van der Waals surface area (Å²) in [5.41, 5.74) is 0.322. The van der Waals surface area contributed by atoms with Gasteiger partial charge in [-0.15, -0.1) is 0 Å². The van der Waals surface area contributed by atoms with Crippen molar-refractivity contribution in [3.8, 4) is 0 Å². The minimum Gasteiger partial charge on any atom is -0.481 e. The van der Waals surface area contributed by atoms with Gasteiger partial charge >= 0.3 is 11.9 Å². The standard InChI is InChI=1S/C23H34O5/c1-22-11-9-15(24)13-14(22)3-4-16-17-5-6-19(23(17,2)12-10-18(16)22)28-21(27)8-7-20(25)26/h14,16-19H,3-13H2,1-2H3,(H,25,26)/t14?,16-,17-,18-,19-,22-,23-/m0/s1. The van der Waals surface area contributed by atoms with Crippen molar-refractivity contribution in [3.05, 3.63) is 0 Å². The number of carbonyl (C=O) groups excluding carboxylic acids is 2. The highest BCUT2D eigenvalue weighted by molar-refractivity contribution is 5.79. The fraction of sp³-hybridized carbons (Fsp3) is 0.870. The third-order valence-corrected chi connectivity index (χ3v) is 9.21. The quantitative estimate of drug-likeness (QED) is 0.721. The fourth-order valence-electron chi connectivity index (χ4n) is 7.62. The highest BCUT2D eigenvalue weighted by atomic mass is 16.5. The Morgan fingerprint density at radius 1 is 1.00 bits per heavy atom. The van der Waals surface area contributed by atoms with E-state index in [1.807, 2.05) is 0 Å². The summed E-state index contributed by atoms with van der Waals surface area (Å²) in [5, 5.41) is 8.80. The number of fused-ring (bicyclic) bond motifs is 5. The summed E-state index contributed by atoms with van der Waals surface area (Å²) in [5.74, 6) is 1.65. The summed E-state index contributed by atoms with van der Waals surface area (Å²) < 4.78 is 5.81. The number of esters is 1. The van der Waals surface area contributed by atoms with Crippen molar-refractivity contribution in [1.29, 1.82) is 0 Å². The highest BCUT2D eigenvalue weighted by Crippen LogP contribution is 2.66. The van der Waals surface area contributed by atoms with Crippen molar-refractivity contribution >= 4 is 17.7 Å². The number of rotatable bonds is 4. The number of ketones is 1. The first-order valence-corrected chi connectivity index (χ1v) is 11.2. The maximum atomic E-state index is 12.2. The van der Waals surface area contributed by atoms with E-state index in [1.54, 1.807) is 0 Å². The molecule has 1 N–H and O–H groups in total. The second-order valence-corrected chi connectivity index (χ2v) is 10.4. The number of hydrogen-bond acceptors (Lipinski definition) is 4. The smallest absolute Gasteiger partial charge is 0.306 e. The Kier molecular flexibility index (Phi) is 5.08. The number of carbonyl (C=O) groups is 3. The Hall–Kier alpha value is -1.39. The minimum atomic E-state index is -0.955. The molecule has 4 aliphatic rings. The van der Waals surface area contributed by atoms with E-state index in [9.17, 15) is 14.4 Å². The molecule has 0 radical (unpaired) electrons. The van der Waals surface area contributed by atoms with Crippen LogP contribution in [-0.4, -0.2) is 28.9 Å². The summed E-state index contributed by atoms with van der Waals surface area (Å²) in [6.45, 7) is 4.75. The molecule has 0 aromatic rings. The average molecular weight is 391 g/mol. The Balaban J connectivity index is 1.47. The summed E-state index contributed by atoms with van der Waals surface area (Å²) >= 11 is 0. The van der Waals surface area contributed by atoms with Crippen LogP contribution in [0.2, 0.25) is 0 Å². The first kappa shape index (κ1) is 19.9. The zero-order valence-corrected chi connectivity index (χ0v) is 17.2. The van der Waals surface area contributed by atoms with Gasteiger partial charge < -0.3 is 9.84 Å². The molecule has 5 heteroatoms. The second-order valence-electron chi connectivity index (χ2n) is 10.4. The van der Waals surface area contributed by atoms with Crippen molar-refractivity contribution in [3.63, 3.8) is 0 Å². The average Bonchev–Trinajstić information content (AvgIpc) is 2.97. The van der Waals surface area contributed by atoms with Gasteiger partial charge in [0, 0.05) is 18.3 Å². The van der Waals surface area contributed by atoms with Crippen LogP contribution in [0.5, 0.6) is 0 Å². The van der Waals surface area contributed by atoms with Crippen molar-refractivity contribution in [2.75, 3.05) is 0 Å². The van der Waals surface area contributed by atoms with Crippen LogP contribution in [0.15, 0.2) is 0 Å². The molecule has 0 bridgehead atoms. The van der Waals surface area contributed by atoms with E-state index in [4.69, 9.17) is 9.84 Å². The summed E-state index contributed by atoms with van der Waals surface area (Å²) in [6, 6.07) is 0. The number of aliphatic carboxylic acids is 1. The van der Waals surface area contributed by atoms with Crippen molar-refractivity contribution in [2.24, 2.45) is 34.5 Å². The van der Waals surface area contributed by atoms with Gasteiger partial charge in [-0.3, -0.25) is 14.4 Å². The van der Waals surface area contributed by atoms with Gasteiger partial charge in [0.05, 0.1) is 12.8 Å². The number of carboxylic acid groups (broad SMARTS) is 1. The number of carboxylic acids is 1. The van der Waals surface area contributed by atoms with Crippen molar-refractivity contribution < 1.29 is 24.2 Å². The molecule has 1 unspecified atom stereocenters. The summed E-state index contributed by atoms with van der Waals surface area (Å²) in [7, 11) is 0. The monoisotopic (exact) mass is 390 g/mol. The molecule has 28 heavy (non-hydrogen) atoms. The first-order valence-electron chi connectivity index (χ1n) is 11.2. The molecule has 0 spiro atoms. The predicted molar refractivity (Wildman–Crippen MR) is 103 cm³/mol. The molecule has 4 saturated carbocycles. The van der Waals surface area contributed by atoms with Crippen LogP contribution in [0.3, 0.4) is 0 Å². The first-order chi connectivity index (χ1) is 13.2. The second kappa shape index (κ2) is 7.14. The molecule has 5 nitrogen and oxygen atoms in total. The molecule has 7 atom stereocenters. The van der Waals surface area contributed by atoms with Gasteiger partial charge in [-0.05, 0) is 74.0 Å². The summed E-state index contributed by atoms with van der Waals surface area (Å²) in [6.07, 6.45) is 8.95. The van der Waals surface area contributed by atoms with E-state index in [1.165, 1.54) is 19.3 Å². The molecule has 4 fully saturated rings. The SMILES string of the molecule is C[C@]12CC[C@H]3[C@@H](CCC4CC(=O)CC[C@@]43C)[C@@H]1CC[C@@H]2OC(=O)CCC(=O)O. The van der Waals surface area contributed by atoms with Crippen molar-refractivity contribution in [1.82, 2.24) is 0 Å². The van der Waals surface area contributed by atoms with Gasteiger partial charge in [0.1, 0.15) is 11.9 Å². The van der Waals surface area contributed by atoms with Crippen LogP contribution in [0.25, 0.3) is 0 Å². The molecule has 4 aliphatic carbocycles. The van der Waals surface area contributed by atoms with Crippen LogP contribution >= 0.6 is 0 Å². The Bertz CT molecular complexity index is 672. The zero-order valence-electron chi connectivity index (χ0n) is 17.2. The number of Topliss-reactive ketones (excluding diaryl/α,β-unsaturated/α-hetero) is 1. The molecular weight excluding hydrogens is 356 g/mol. The molecule has 0 aliphatic heterocycles.